The maximum Gasteiger partial charge on any atom is 0.430 e. The third-order valence-corrected chi connectivity index (χ3v) is 2.13. The van der Waals surface area contributed by atoms with E-state index in [0.717, 1.165) is 11.6 Å². The van der Waals surface area contributed by atoms with Gasteiger partial charge in [-0.15, -0.1) is 0 Å². The molecule has 0 heterocycles. The number of hydrogen-bond donors (Lipinski definition) is 2. The molecule has 0 fully saturated rings. The van der Waals surface area contributed by atoms with E-state index >= 15 is 0 Å². The summed E-state index contributed by atoms with van der Waals surface area (Å²) in [5.41, 5.74) is 10.6. The van der Waals surface area contributed by atoms with Crippen LogP contribution in [0, 0.1) is 6.92 Å². The van der Waals surface area contributed by atoms with Crippen molar-refractivity contribution < 1.29 is 13.2 Å². The fraction of sp³-hybridized carbons (Fsp3) is 0.250. The van der Waals surface area contributed by atoms with E-state index in [0.29, 0.717) is 5.69 Å². The molecule has 0 aliphatic rings. The van der Waals surface area contributed by atoms with Gasteiger partial charge in [0.05, 0.1) is 11.4 Å². The average molecular weight is 257 g/mol. The molecule has 18 heavy (non-hydrogen) atoms. The molecule has 0 unspecified atom stereocenters. The molecule has 98 valence electrons. The van der Waals surface area contributed by atoms with Crippen LogP contribution in [0.2, 0.25) is 0 Å². The Labute approximate surface area is 103 Å². The second-order valence-electron chi connectivity index (χ2n) is 3.74. The number of nitrogens with zero attached hydrogens (tertiary/aromatic N) is 1. The first-order chi connectivity index (χ1) is 8.32. The number of halogens is 3. The standard InChI is InChI=1S/C12H14F3N3/c1-8-3-2-4-9(5-8)18-10(7-16)6-11(17)12(13,14)15/h2-6H,7,16-17H2,1H3/b11-6-,18-10?. The molecule has 1 aromatic rings. The van der Waals surface area contributed by atoms with Crippen molar-refractivity contribution in [2.75, 3.05) is 6.54 Å². The lowest BCUT2D eigenvalue weighted by molar-refractivity contribution is -0.0925. The minimum atomic E-state index is -4.57. The third kappa shape index (κ3) is 4.21. The molecular weight excluding hydrogens is 243 g/mol. The number of nitrogens with two attached hydrogens (primary N) is 2. The molecule has 0 saturated carbocycles. The zero-order valence-corrected chi connectivity index (χ0v) is 9.83. The predicted molar refractivity (Wildman–Crippen MR) is 65.7 cm³/mol. The van der Waals surface area contributed by atoms with E-state index in [9.17, 15) is 13.2 Å². The summed E-state index contributed by atoms with van der Waals surface area (Å²) in [6.45, 7) is 1.74. The highest BCUT2D eigenvalue weighted by Gasteiger charge is 2.31. The number of allylic oxidation sites excluding steroid dienone is 1. The first kappa shape index (κ1) is 14.2. The summed E-state index contributed by atoms with van der Waals surface area (Å²) < 4.78 is 36.8. The molecule has 0 aromatic heterocycles. The fourth-order valence-corrected chi connectivity index (χ4v) is 1.26. The number of rotatable bonds is 3. The van der Waals surface area contributed by atoms with Crippen LogP contribution in [-0.4, -0.2) is 18.4 Å². The van der Waals surface area contributed by atoms with Crippen LogP contribution in [0.15, 0.2) is 41.0 Å². The van der Waals surface area contributed by atoms with Crippen LogP contribution >= 0.6 is 0 Å². The maximum atomic E-state index is 12.3. The number of benzene rings is 1. The fourth-order valence-electron chi connectivity index (χ4n) is 1.26. The molecule has 0 spiro atoms. The van der Waals surface area contributed by atoms with E-state index in [1.54, 1.807) is 18.2 Å². The lowest BCUT2D eigenvalue weighted by atomic mass is 10.2. The summed E-state index contributed by atoms with van der Waals surface area (Å²) in [6, 6.07) is 7.05. The minimum absolute atomic E-state index is 0.0791. The molecule has 6 heteroatoms. The molecule has 0 atom stereocenters. The first-order valence-corrected chi connectivity index (χ1v) is 5.21. The molecule has 0 amide bonds. The summed E-state index contributed by atoms with van der Waals surface area (Å²) in [5.74, 6) is 0. The van der Waals surface area contributed by atoms with E-state index in [1.807, 2.05) is 13.0 Å². The van der Waals surface area contributed by atoms with Gasteiger partial charge in [0.25, 0.3) is 0 Å². The second kappa shape index (κ2) is 5.68. The van der Waals surface area contributed by atoms with E-state index in [-0.39, 0.29) is 12.3 Å². The van der Waals surface area contributed by atoms with Crippen LogP contribution in [0.25, 0.3) is 0 Å². The van der Waals surface area contributed by atoms with Gasteiger partial charge in [-0.2, -0.15) is 13.2 Å². The normalized spacial score (nSPS) is 13.8. The Morgan fingerprint density at radius 3 is 2.56 bits per heavy atom. The quantitative estimate of drug-likeness (QED) is 0.817. The van der Waals surface area contributed by atoms with Crippen molar-refractivity contribution in [3.63, 3.8) is 0 Å². The van der Waals surface area contributed by atoms with Gasteiger partial charge >= 0.3 is 6.18 Å². The highest BCUT2D eigenvalue weighted by Crippen LogP contribution is 2.21. The van der Waals surface area contributed by atoms with Crippen LogP contribution in [0.3, 0.4) is 0 Å². The molecular formula is C12H14F3N3. The van der Waals surface area contributed by atoms with E-state index in [2.05, 4.69) is 4.99 Å². The van der Waals surface area contributed by atoms with E-state index in [1.165, 1.54) is 0 Å². The summed E-state index contributed by atoms with van der Waals surface area (Å²) in [7, 11) is 0. The monoisotopic (exact) mass is 257 g/mol. The van der Waals surface area contributed by atoms with E-state index in [4.69, 9.17) is 11.5 Å². The number of aliphatic imine (C=N–C) groups is 1. The average Bonchev–Trinajstić information content (AvgIpc) is 2.26. The highest BCUT2D eigenvalue weighted by atomic mass is 19.4. The number of hydrogen-bond acceptors (Lipinski definition) is 3. The van der Waals surface area contributed by atoms with Gasteiger partial charge in [-0.3, -0.25) is 4.99 Å². The summed E-state index contributed by atoms with van der Waals surface area (Å²) in [5, 5.41) is 0. The highest BCUT2D eigenvalue weighted by molar-refractivity contribution is 5.98. The molecule has 0 aliphatic heterocycles. The van der Waals surface area contributed by atoms with Gasteiger partial charge < -0.3 is 11.5 Å². The Kier molecular flexibility index (Phi) is 4.49. The summed E-state index contributed by atoms with van der Waals surface area (Å²) >= 11 is 0. The minimum Gasteiger partial charge on any atom is -0.395 e. The second-order valence-corrected chi connectivity index (χ2v) is 3.74. The molecule has 1 rings (SSSR count). The van der Waals surface area contributed by atoms with Crippen molar-refractivity contribution in [2.24, 2.45) is 16.5 Å². The van der Waals surface area contributed by atoms with Crippen LogP contribution in [0.1, 0.15) is 5.56 Å². The molecule has 0 aliphatic carbocycles. The Bertz CT molecular complexity index is 476. The van der Waals surface area contributed by atoms with Gasteiger partial charge in [0.15, 0.2) is 0 Å². The molecule has 4 N–H and O–H groups in total. The van der Waals surface area contributed by atoms with Crippen molar-refractivity contribution >= 4 is 11.4 Å². The number of aryl methyl sites for hydroxylation is 1. The first-order valence-electron chi connectivity index (χ1n) is 5.21. The topological polar surface area (TPSA) is 64.4 Å². The van der Waals surface area contributed by atoms with E-state index < -0.39 is 11.9 Å². The lowest BCUT2D eigenvalue weighted by Gasteiger charge is -2.07. The van der Waals surface area contributed by atoms with Crippen molar-refractivity contribution in [1.82, 2.24) is 0 Å². The molecule has 0 radical (unpaired) electrons. The SMILES string of the molecule is Cc1cccc(N=C(/C=C(\N)C(F)(F)F)CN)c1. The zero-order valence-electron chi connectivity index (χ0n) is 9.83. The molecule has 1 aromatic carbocycles. The van der Waals surface area contributed by atoms with Gasteiger partial charge in [-0.25, -0.2) is 0 Å². The Balaban J connectivity index is 3.04. The number of alkyl halides is 3. The Morgan fingerprint density at radius 1 is 1.39 bits per heavy atom. The van der Waals surface area contributed by atoms with Gasteiger partial charge in [0.1, 0.15) is 5.70 Å². The summed E-state index contributed by atoms with van der Waals surface area (Å²) in [4.78, 5) is 4.03. The van der Waals surface area contributed by atoms with Gasteiger partial charge in [0.2, 0.25) is 0 Å². The van der Waals surface area contributed by atoms with Crippen LogP contribution in [-0.2, 0) is 0 Å². The Hall–Kier alpha value is -1.82. The van der Waals surface area contributed by atoms with Crippen molar-refractivity contribution in [1.29, 1.82) is 0 Å². The molecule has 0 saturated heterocycles. The maximum absolute atomic E-state index is 12.3. The molecule has 3 nitrogen and oxygen atoms in total. The van der Waals surface area contributed by atoms with Gasteiger partial charge in [0, 0.05) is 6.54 Å². The largest absolute Gasteiger partial charge is 0.430 e. The van der Waals surface area contributed by atoms with Crippen LogP contribution in [0.4, 0.5) is 18.9 Å². The smallest absolute Gasteiger partial charge is 0.395 e. The third-order valence-electron chi connectivity index (χ3n) is 2.13. The zero-order chi connectivity index (χ0) is 13.8. The van der Waals surface area contributed by atoms with Gasteiger partial charge in [-0.05, 0) is 30.7 Å². The predicted octanol–water partition coefficient (Wildman–Crippen LogP) is 2.43. The van der Waals surface area contributed by atoms with Crippen molar-refractivity contribution in [3.8, 4) is 0 Å². The van der Waals surface area contributed by atoms with Crippen molar-refractivity contribution in [2.45, 2.75) is 13.1 Å². The van der Waals surface area contributed by atoms with Crippen LogP contribution < -0.4 is 11.5 Å². The Morgan fingerprint density at radius 2 is 2.06 bits per heavy atom. The lowest BCUT2D eigenvalue weighted by Crippen LogP contribution is -2.22. The van der Waals surface area contributed by atoms with Gasteiger partial charge in [-0.1, -0.05) is 12.1 Å². The van der Waals surface area contributed by atoms with Crippen molar-refractivity contribution in [3.05, 3.63) is 41.6 Å². The van der Waals surface area contributed by atoms with Crippen LogP contribution in [0.5, 0.6) is 0 Å². The molecule has 0 bridgehead atoms. The summed E-state index contributed by atoms with van der Waals surface area (Å²) in [6.07, 6.45) is -3.81.